The molecule has 0 aromatic carbocycles. The molecule has 5 heteroatoms. The van der Waals surface area contributed by atoms with Gasteiger partial charge in [0.05, 0.1) is 11.9 Å². The summed E-state index contributed by atoms with van der Waals surface area (Å²) in [5.41, 5.74) is 0.636. The van der Waals surface area contributed by atoms with Crippen LogP contribution in [0.2, 0.25) is 0 Å². The van der Waals surface area contributed by atoms with Crippen LogP contribution in [0, 0.1) is 5.92 Å². The number of hydrogen-bond donors (Lipinski definition) is 2. The molecule has 5 nitrogen and oxygen atoms in total. The first-order chi connectivity index (χ1) is 7.24. The topological polar surface area (TPSA) is 61.0 Å². The molecule has 0 saturated carbocycles. The molecular formula is C10H16N4O. The molecule has 1 unspecified atom stereocenters. The van der Waals surface area contributed by atoms with E-state index in [4.69, 9.17) is 0 Å². The first kappa shape index (κ1) is 10.2. The van der Waals surface area contributed by atoms with Gasteiger partial charge in [0.25, 0.3) is 5.56 Å². The van der Waals surface area contributed by atoms with Gasteiger partial charge < -0.3 is 10.2 Å². The van der Waals surface area contributed by atoms with Crippen LogP contribution in [0.15, 0.2) is 17.1 Å². The molecule has 0 bridgehead atoms. The monoisotopic (exact) mass is 208 g/mol. The van der Waals surface area contributed by atoms with Crippen LogP contribution < -0.4 is 10.9 Å². The molecule has 0 amide bonds. The van der Waals surface area contributed by atoms with Crippen LogP contribution >= 0.6 is 0 Å². The van der Waals surface area contributed by atoms with E-state index < -0.39 is 0 Å². The van der Waals surface area contributed by atoms with Gasteiger partial charge in [0, 0.05) is 19.2 Å². The summed E-state index contributed by atoms with van der Waals surface area (Å²) in [7, 11) is 2.13. The Hall–Kier alpha value is -1.36. The average Bonchev–Trinajstić information content (AvgIpc) is 2.62. The molecular weight excluding hydrogens is 192 g/mol. The highest BCUT2D eigenvalue weighted by atomic mass is 16.1. The Morgan fingerprint density at radius 1 is 1.73 bits per heavy atom. The normalized spacial score (nSPS) is 21.8. The fraction of sp³-hybridized carbons (Fsp3) is 0.600. The highest BCUT2D eigenvalue weighted by Crippen LogP contribution is 2.14. The zero-order valence-electron chi connectivity index (χ0n) is 8.86. The van der Waals surface area contributed by atoms with Gasteiger partial charge in [-0.25, -0.2) is 5.10 Å². The van der Waals surface area contributed by atoms with Crippen molar-refractivity contribution in [3.63, 3.8) is 0 Å². The summed E-state index contributed by atoms with van der Waals surface area (Å²) in [5.74, 6) is 0.675. The molecule has 1 saturated heterocycles. The fourth-order valence-electron chi connectivity index (χ4n) is 1.93. The van der Waals surface area contributed by atoms with E-state index in [1.54, 1.807) is 6.20 Å². The van der Waals surface area contributed by atoms with E-state index in [0.717, 1.165) is 18.8 Å². The van der Waals surface area contributed by atoms with Crippen molar-refractivity contribution in [2.75, 3.05) is 32.0 Å². The molecule has 1 aromatic heterocycles. The maximum atomic E-state index is 11.0. The number of H-pyrrole nitrogens is 1. The molecule has 1 aromatic rings. The minimum Gasteiger partial charge on any atom is -0.383 e. The number of nitrogens with zero attached hydrogens (tertiary/aromatic N) is 2. The van der Waals surface area contributed by atoms with E-state index in [1.807, 2.05) is 0 Å². The number of nitrogens with one attached hydrogen (secondary N) is 2. The standard InChI is InChI=1S/C10H16N4O/c1-14-3-2-8(7-14)5-11-9-4-10(15)13-12-6-9/h4,6,8H,2-3,5,7H2,1H3,(H2,11,13,15). The van der Waals surface area contributed by atoms with E-state index in [-0.39, 0.29) is 5.56 Å². The Morgan fingerprint density at radius 2 is 2.60 bits per heavy atom. The van der Waals surface area contributed by atoms with Crippen LogP contribution in [0.4, 0.5) is 5.69 Å². The van der Waals surface area contributed by atoms with Crippen molar-refractivity contribution in [1.29, 1.82) is 0 Å². The molecule has 0 radical (unpaired) electrons. The number of aromatic nitrogens is 2. The van der Waals surface area contributed by atoms with Gasteiger partial charge in [0.1, 0.15) is 0 Å². The Kier molecular flexibility index (Phi) is 3.01. The third-order valence-corrected chi connectivity index (χ3v) is 2.75. The van der Waals surface area contributed by atoms with Crippen molar-refractivity contribution in [3.8, 4) is 0 Å². The highest BCUT2D eigenvalue weighted by molar-refractivity contribution is 5.38. The zero-order chi connectivity index (χ0) is 10.7. The molecule has 2 N–H and O–H groups in total. The SMILES string of the molecule is CN1CCC(CNc2cn[nH]c(=O)c2)C1. The fourth-order valence-corrected chi connectivity index (χ4v) is 1.93. The Morgan fingerprint density at radius 3 is 3.27 bits per heavy atom. The van der Waals surface area contributed by atoms with E-state index in [2.05, 4.69) is 27.5 Å². The maximum absolute atomic E-state index is 11.0. The molecule has 1 aliphatic heterocycles. The number of aromatic amines is 1. The Balaban J connectivity index is 1.85. The second-order valence-corrected chi connectivity index (χ2v) is 4.13. The number of rotatable bonds is 3. The van der Waals surface area contributed by atoms with Gasteiger partial charge >= 0.3 is 0 Å². The van der Waals surface area contributed by atoms with E-state index in [0.29, 0.717) is 5.92 Å². The summed E-state index contributed by atoms with van der Waals surface area (Å²) in [6.07, 6.45) is 2.86. The number of likely N-dealkylation sites (tertiary alicyclic amines) is 1. The number of hydrogen-bond acceptors (Lipinski definition) is 4. The minimum absolute atomic E-state index is 0.163. The van der Waals surface area contributed by atoms with Crippen LogP contribution in [-0.4, -0.2) is 41.8 Å². The van der Waals surface area contributed by atoms with Gasteiger partial charge in [-0.05, 0) is 25.9 Å². The summed E-state index contributed by atoms with van der Waals surface area (Å²) in [4.78, 5) is 13.3. The molecule has 0 spiro atoms. The predicted octanol–water partition coefficient (Wildman–Crippen LogP) is 0.133. The largest absolute Gasteiger partial charge is 0.383 e. The van der Waals surface area contributed by atoms with Crippen molar-refractivity contribution >= 4 is 5.69 Å². The molecule has 1 fully saturated rings. The van der Waals surface area contributed by atoms with Crippen LogP contribution in [0.5, 0.6) is 0 Å². The van der Waals surface area contributed by atoms with Crippen LogP contribution in [0.25, 0.3) is 0 Å². The van der Waals surface area contributed by atoms with Crippen molar-refractivity contribution in [2.24, 2.45) is 5.92 Å². The highest BCUT2D eigenvalue weighted by Gasteiger charge is 2.18. The van der Waals surface area contributed by atoms with Crippen molar-refractivity contribution in [1.82, 2.24) is 15.1 Å². The molecule has 15 heavy (non-hydrogen) atoms. The van der Waals surface area contributed by atoms with E-state index >= 15 is 0 Å². The van der Waals surface area contributed by atoms with Gasteiger partial charge in [0.2, 0.25) is 0 Å². The first-order valence-electron chi connectivity index (χ1n) is 5.21. The zero-order valence-corrected chi connectivity index (χ0v) is 8.86. The Labute approximate surface area is 88.5 Å². The van der Waals surface area contributed by atoms with Crippen molar-refractivity contribution in [2.45, 2.75) is 6.42 Å². The van der Waals surface area contributed by atoms with Gasteiger partial charge in [0.15, 0.2) is 0 Å². The summed E-state index contributed by atoms with van der Waals surface area (Å²) < 4.78 is 0. The predicted molar refractivity (Wildman–Crippen MR) is 59.0 cm³/mol. The third kappa shape index (κ3) is 2.79. The van der Waals surface area contributed by atoms with Gasteiger partial charge in [-0.2, -0.15) is 5.10 Å². The lowest BCUT2D eigenvalue weighted by molar-refractivity contribution is 0.399. The molecule has 82 valence electrons. The average molecular weight is 208 g/mol. The Bertz CT molecular complexity index is 376. The molecule has 2 heterocycles. The summed E-state index contributed by atoms with van der Waals surface area (Å²) in [6, 6.07) is 1.53. The van der Waals surface area contributed by atoms with Gasteiger partial charge in [-0.1, -0.05) is 0 Å². The molecule has 2 rings (SSSR count). The summed E-state index contributed by atoms with van der Waals surface area (Å²) in [6.45, 7) is 3.21. The minimum atomic E-state index is -0.163. The van der Waals surface area contributed by atoms with Crippen LogP contribution in [0.3, 0.4) is 0 Å². The van der Waals surface area contributed by atoms with E-state index in [9.17, 15) is 4.79 Å². The lowest BCUT2D eigenvalue weighted by atomic mass is 10.1. The summed E-state index contributed by atoms with van der Waals surface area (Å²) >= 11 is 0. The third-order valence-electron chi connectivity index (χ3n) is 2.75. The van der Waals surface area contributed by atoms with E-state index in [1.165, 1.54) is 19.0 Å². The van der Waals surface area contributed by atoms with Crippen molar-refractivity contribution in [3.05, 3.63) is 22.6 Å². The quantitative estimate of drug-likeness (QED) is 0.741. The first-order valence-corrected chi connectivity index (χ1v) is 5.21. The lowest BCUT2D eigenvalue weighted by Crippen LogP contribution is -2.20. The maximum Gasteiger partial charge on any atom is 0.266 e. The second-order valence-electron chi connectivity index (χ2n) is 4.13. The van der Waals surface area contributed by atoms with Gasteiger partial charge in [-0.15, -0.1) is 0 Å². The van der Waals surface area contributed by atoms with Crippen LogP contribution in [0.1, 0.15) is 6.42 Å². The van der Waals surface area contributed by atoms with Crippen LogP contribution in [-0.2, 0) is 0 Å². The number of anilines is 1. The molecule has 1 aliphatic rings. The van der Waals surface area contributed by atoms with Crippen molar-refractivity contribution < 1.29 is 0 Å². The second kappa shape index (κ2) is 4.44. The molecule has 1 atom stereocenters. The lowest BCUT2D eigenvalue weighted by Gasteiger charge is -2.11. The summed E-state index contributed by atoms with van der Waals surface area (Å²) in [5, 5.41) is 9.33. The van der Waals surface area contributed by atoms with Gasteiger partial charge in [-0.3, -0.25) is 4.79 Å². The molecule has 0 aliphatic carbocycles. The smallest absolute Gasteiger partial charge is 0.266 e.